The lowest BCUT2D eigenvalue weighted by Gasteiger charge is -2.25. The zero-order chi connectivity index (χ0) is 7.03. The van der Waals surface area contributed by atoms with E-state index in [1.54, 1.807) is 0 Å². The highest BCUT2D eigenvalue weighted by Gasteiger charge is 2.32. The molecule has 1 aliphatic carbocycles. The lowest BCUT2D eigenvalue weighted by molar-refractivity contribution is 0.581. The van der Waals surface area contributed by atoms with E-state index in [9.17, 15) is 0 Å². The Labute approximate surface area is 65.7 Å². The molecule has 0 spiro atoms. The van der Waals surface area contributed by atoms with Crippen LogP contribution in [-0.4, -0.2) is 5.25 Å². The van der Waals surface area contributed by atoms with E-state index < -0.39 is 0 Å². The van der Waals surface area contributed by atoms with Crippen molar-refractivity contribution < 1.29 is 0 Å². The van der Waals surface area contributed by atoms with Gasteiger partial charge in [0.25, 0.3) is 0 Å². The highest BCUT2D eigenvalue weighted by atomic mass is 32.2. The van der Waals surface area contributed by atoms with Crippen molar-refractivity contribution >= 4 is 11.8 Å². The summed E-state index contributed by atoms with van der Waals surface area (Å²) in [6.07, 6.45) is 11.1. The molecule has 2 aliphatic rings. The van der Waals surface area contributed by atoms with Gasteiger partial charge in [-0.05, 0) is 5.41 Å². The van der Waals surface area contributed by atoms with Gasteiger partial charge in [0.1, 0.15) is 0 Å². The molecule has 2 atom stereocenters. The fourth-order valence-electron chi connectivity index (χ4n) is 1.34. The Morgan fingerprint density at radius 2 is 2.20 bits per heavy atom. The molecule has 0 saturated carbocycles. The molecule has 2 rings (SSSR count). The summed E-state index contributed by atoms with van der Waals surface area (Å²) in [7, 11) is 0. The Kier molecular flexibility index (Phi) is 1.27. The van der Waals surface area contributed by atoms with Crippen molar-refractivity contribution in [3.8, 4) is 0 Å². The molecule has 2 unspecified atom stereocenters. The molecule has 1 heterocycles. The third-order valence-corrected chi connectivity index (χ3v) is 3.37. The predicted octanol–water partition coefficient (Wildman–Crippen LogP) is 2.75. The summed E-state index contributed by atoms with van der Waals surface area (Å²) in [4.78, 5) is 0. The summed E-state index contributed by atoms with van der Waals surface area (Å²) in [5.41, 5.74) is 0.305. The maximum Gasteiger partial charge on any atom is 0.0394 e. The summed E-state index contributed by atoms with van der Waals surface area (Å²) in [6, 6.07) is 0. The van der Waals surface area contributed by atoms with Gasteiger partial charge in [-0.15, -0.1) is 11.8 Å². The number of rotatable bonds is 0. The fraction of sp³-hybridized carbons (Fsp3) is 0.333. The molecule has 1 aliphatic heterocycles. The fourth-order valence-corrected chi connectivity index (χ4v) is 2.52. The number of fused-ring (bicyclic) bond motifs is 1. The second-order valence-electron chi connectivity index (χ2n) is 2.97. The smallest absolute Gasteiger partial charge is 0.0394 e. The molecule has 0 bridgehead atoms. The molecule has 10 heavy (non-hydrogen) atoms. The lowest BCUT2D eigenvalue weighted by atomic mass is 9.84. The van der Waals surface area contributed by atoms with Crippen LogP contribution in [0.3, 0.4) is 0 Å². The summed E-state index contributed by atoms with van der Waals surface area (Å²) in [5, 5.41) is 2.85. The summed E-state index contributed by atoms with van der Waals surface area (Å²) >= 11 is 1.91. The predicted molar refractivity (Wildman–Crippen MR) is 46.9 cm³/mol. The molecule has 1 heteroatoms. The molecule has 52 valence electrons. The lowest BCUT2D eigenvalue weighted by Crippen LogP contribution is -2.21. The van der Waals surface area contributed by atoms with Crippen molar-refractivity contribution in [3.63, 3.8) is 0 Å². The van der Waals surface area contributed by atoms with Crippen molar-refractivity contribution in [3.05, 3.63) is 35.8 Å². The van der Waals surface area contributed by atoms with Crippen LogP contribution in [0.25, 0.3) is 0 Å². The number of hydrogen-bond acceptors (Lipinski definition) is 1. The number of allylic oxidation sites excluding steroid dienone is 4. The molecule has 0 fully saturated rings. The van der Waals surface area contributed by atoms with Crippen molar-refractivity contribution in [1.82, 2.24) is 0 Å². The molecule has 0 aromatic rings. The van der Waals surface area contributed by atoms with Crippen molar-refractivity contribution in [2.75, 3.05) is 0 Å². The first-order chi connectivity index (χ1) is 4.81. The SMILES string of the molecule is CC12C=CC=CC1SC=C2. The highest BCUT2D eigenvalue weighted by Crippen LogP contribution is 2.43. The van der Waals surface area contributed by atoms with Crippen molar-refractivity contribution in [2.45, 2.75) is 12.2 Å². The number of thioether (sulfide) groups is 1. The van der Waals surface area contributed by atoms with Gasteiger partial charge in [-0.2, -0.15) is 0 Å². The van der Waals surface area contributed by atoms with Gasteiger partial charge in [-0.1, -0.05) is 37.3 Å². The first-order valence-corrected chi connectivity index (χ1v) is 4.45. The first-order valence-electron chi connectivity index (χ1n) is 3.50. The Hall–Kier alpha value is -0.430. The van der Waals surface area contributed by atoms with E-state index in [0.29, 0.717) is 10.7 Å². The van der Waals surface area contributed by atoms with Crippen molar-refractivity contribution in [2.24, 2.45) is 5.41 Å². The zero-order valence-corrected chi connectivity index (χ0v) is 6.77. The maximum atomic E-state index is 2.28. The second kappa shape index (κ2) is 2.03. The average molecular weight is 150 g/mol. The molecule has 0 aromatic heterocycles. The van der Waals surface area contributed by atoms with Crippen LogP contribution >= 0.6 is 11.8 Å². The Balaban J connectivity index is 2.37. The van der Waals surface area contributed by atoms with Crippen LogP contribution in [0.2, 0.25) is 0 Å². The number of hydrogen-bond donors (Lipinski definition) is 0. The van der Waals surface area contributed by atoms with Gasteiger partial charge in [0, 0.05) is 10.7 Å². The maximum absolute atomic E-state index is 2.28. The minimum atomic E-state index is 0.305. The van der Waals surface area contributed by atoms with Crippen LogP contribution in [-0.2, 0) is 0 Å². The highest BCUT2D eigenvalue weighted by molar-refractivity contribution is 8.03. The van der Waals surface area contributed by atoms with Gasteiger partial charge < -0.3 is 0 Å². The quantitative estimate of drug-likeness (QED) is 0.511. The van der Waals surface area contributed by atoms with E-state index in [1.807, 2.05) is 11.8 Å². The molecule has 0 amide bonds. The normalized spacial score (nSPS) is 42.3. The third-order valence-electron chi connectivity index (χ3n) is 2.12. The summed E-state index contributed by atoms with van der Waals surface area (Å²) in [6.45, 7) is 2.27. The summed E-state index contributed by atoms with van der Waals surface area (Å²) in [5.74, 6) is 0. The van der Waals surface area contributed by atoms with E-state index in [2.05, 4.69) is 42.7 Å². The minimum absolute atomic E-state index is 0.305. The third kappa shape index (κ3) is 0.772. The van der Waals surface area contributed by atoms with Gasteiger partial charge in [-0.25, -0.2) is 0 Å². The molecule has 0 radical (unpaired) electrons. The van der Waals surface area contributed by atoms with Crippen LogP contribution in [0.4, 0.5) is 0 Å². The van der Waals surface area contributed by atoms with Crippen LogP contribution in [0.15, 0.2) is 35.8 Å². The molecular weight excluding hydrogens is 140 g/mol. The Bertz CT molecular complexity index is 225. The molecule has 0 N–H and O–H groups in total. The average Bonchev–Trinajstić information content (AvgIpc) is 2.29. The van der Waals surface area contributed by atoms with E-state index >= 15 is 0 Å². The topological polar surface area (TPSA) is 0 Å². The van der Waals surface area contributed by atoms with E-state index in [4.69, 9.17) is 0 Å². The monoisotopic (exact) mass is 150 g/mol. The van der Waals surface area contributed by atoms with Gasteiger partial charge in [-0.3, -0.25) is 0 Å². The van der Waals surface area contributed by atoms with E-state index in [0.717, 1.165) is 0 Å². The van der Waals surface area contributed by atoms with Crippen molar-refractivity contribution in [1.29, 1.82) is 0 Å². The van der Waals surface area contributed by atoms with Gasteiger partial charge in [0.15, 0.2) is 0 Å². The minimum Gasteiger partial charge on any atom is -0.126 e. The molecule has 0 nitrogen and oxygen atoms in total. The standard InChI is InChI=1S/C9H10S/c1-9-5-3-2-4-8(9)10-7-6-9/h2-8H,1H3. The largest absolute Gasteiger partial charge is 0.126 e. The van der Waals surface area contributed by atoms with Gasteiger partial charge in [0.2, 0.25) is 0 Å². The van der Waals surface area contributed by atoms with E-state index in [-0.39, 0.29) is 0 Å². The van der Waals surface area contributed by atoms with E-state index in [1.165, 1.54) is 0 Å². The van der Waals surface area contributed by atoms with Crippen LogP contribution in [0.5, 0.6) is 0 Å². The van der Waals surface area contributed by atoms with Crippen LogP contribution < -0.4 is 0 Å². The van der Waals surface area contributed by atoms with Crippen LogP contribution in [0.1, 0.15) is 6.92 Å². The second-order valence-corrected chi connectivity index (χ2v) is 4.02. The zero-order valence-electron chi connectivity index (χ0n) is 5.95. The van der Waals surface area contributed by atoms with Crippen LogP contribution in [0, 0.1) is 5.41 Å². The Morgan fingerprint density at radius 1 is 1.30 bits per heavy atom. The molecule has 0 aromatic carbocycles. The Morgan fingerprint density at radius 3 is 3.00 bits per heavy atom. The van der Waals surface area contributed by atoms with Gasteiger partial charge in [0.05, 0.1) is 0 Å². The molecule has 0 saturated heterocycles. The summed E-state index contributed by atoms with van der Waals surface area (Å²) < 4.78 is 0. The first kappa shape index (κ1) is 6.29. The van der Waals surface area contributed by atoms with Gasteiger partial charge >= 0.3 is 0 Å². The molecular formula is C9H10S.